The fraction of sp³-hybridized carbons (Fsp3) is 0.188. The molecule has 134 valence electrons. The van der Waals surface area contributed by atoms with E-state index in [1.54, 1.807) is 16.9 Å². The van der Waals surface area contributed by atoms with Gasteiger partial charge in [-0.2, -0.15) is 9.78 Å². The van der Waals surface area contributed by atoms with E-state index >= 15 is 0 Å². The molecule has 0 unspecified atom stereocenters. The first kappa shape index (κ1) is 17.8. The van der Waals surface area contributed by atoms with Crippen LogP contribution in [0.5, 0.6) is 0 Å². The van der Waals surface area contributed by atoms with Crippen molar-refractivity contribution in [2.75, 3.05) is 5.32 Å². The highest BCUT2D eigenvalue weighted by molar-refractivity contribution is 9.10. The molecule has 0 aliphatic carbocycles. The lowest BCUT2D eigenvalue weighted by molar-refractivity contribution is -0.389. The highest BCUT2D eigenvalue weighted by Crippen LogP contribution is 2.14. The molecule has 1 amide bonds. The molecule has 0 saturated heterocycles. The summed E-state index contributed by atoms with van der Waals surface area (Å²) in [5.74, 6) is -0.425. The van der Waals surface area contributed by atoms with Gasteiger partial charge in [0.2, 0.25) is 5.91 Å². The van der Waals surface area contributed by atoms with Crippen LogP contribution in [0.3, 0.4) is 0 Å². The van der Waals surface area contributed by atoms with Crippen molar-refractivity contribution >= 4 is 33.3 Å². The molecule has 2 heterocycles. The molecule has 0 aliphatic rings. The predicted molar refractivity (Wildman–Crippen MR) is 97.6 cm³/mol. The van der Waals surface area contributed by atoms with Crippen molar-refractivity contribution in [2.45, 2.75) is 19.5 Å². The van der Waals surface area contributed by atoms with Crippen LogP contribution in [-0.4, -0.2) is 30.4 Å². The summed E-state index contributed by atoms with van der Waals surface area (Å²) < 4.78 is 4.07. The molecule has 3 rings (SSSR count). The van der Waals surface area contributed by atoms with Gasteiger partial charge < -0.3 is 15.4 Å². The Hall–Kier alpha value is -3.01. The van der Waals surface area contributed by atoms with Gasteiger partial charge >= 0.3 is 5.82 Å². The van der Waals surface area contributed by atoms with Crippen LogP contribution >= 0.6 is 15.9 Å². The number of nitro groups is 1. The molecular weight excluding hydrogens is 404 g/mol. The summed E-state index contributed by atoms with van der Waals surface area (Å²) in [6.07, 6.45) is 5.23. The molecule has 1 aromatic carbocycles. The SMILES string of the molecule is O=C(CCn1ccc([N+](=O)[O-])n1)Nc1cccc(Cn2cc(Br)cn2)c1. The monoisotopic (exact) mass is 418 g/mol. The number of anilines is 1. The molecule has 9 nitrogen and oxygen atoms in total. The number of hydrogen-bond acceptors (Lipinski definition) is 5. The van der Waals surface area contributed by atoms with Gasteiger partial charge in [0.1, 0.15) is 0 Å². The third-order valence-electron chi connectivity index (χ3n) is 3.54. The lowest BCUT2D eigenvalue weighted by atomic mass is 10.2. The number of carbonyl (C=O) groups excluding carboxylic acids is 1. The lowest BCUT2D eigenvalue weighted by Crippen LogP contribution is -2.15. The van der Waals surface area contributed by atoms with E-state index in [-0.39, 0.29) is 24.7 Å². The minimum atomic E-state index is -0.569. The zero-order valence-electron chi connectivity index (χ0n) is 13.6. The summed E-state index contributed by atoms with van der Waals surface area (Å²) in [6.45, 7) is 0.854. The molecular formula is C16H15BrN6O3. The second kappa shape index (κ2) is 7.91. The van der Waals surface area contributed by atoms with Crippen LogP contribution < -0.4 is 5.32 Å². The maximum atomic E-state index is 12.1. The van der Waals surface area contributed by atoms with Crippen molar-refractivity contribution < 1.29 is 9.72 Å². The maximum absolute atomic E-state index is 12.1. The fourth-order valence-corrected chi connectivity index (χ4v) is 2.70. The van der Waals surface area contributed by atoms with E-state index < -0.39 is 4.92 Å². The van der Waals surface area contributed by atoms with Crippen LogP contribution in [0, 0.1) is 10.1 Å². The van der Waals surface area contributed by atoms with Crippen LogP contribution in [0.4, 0.5) is 11.5 Å². The molecule has 0 fully saturated rings. The highest BCUT2D eigenvalue weighted by atomic mass is 79.9. The predicted octanol–water partition coefficient (Wildman–Crippen LogP) is 2.83. The number of aryl methyl sites for hydroxylation is 1. The highest BCUT2D eigenvalue weighted by Gasteiger charge is 2.12. The average molecular weight is 419 g/mol. The molecule has 2 aromatic heterocycles. The maximum Gasteiger partial charge on any atom is 0.389 e. The van der Waals surface area contributed by atoms with Gasteiger partial charge in [0.05, 0.1) is 41.1 Å². The van der Waals surface area contributed by atoms with Crippen molar-refractivity contribution in [3.8, 4) is 0 Å². The van der Waals surface area contributed by atoms with E-state index in [0.717, 1.165) is 10.0 Å². The first-order valence-electron chi connectivity index (χ1n) is 7.74. The molecule has 0 saturated carbocycles. The van der Waals surface area contributed by atoms with Gasteiger partial charge in [-0.1, -0.05) is 12.1 Å². The fourth-order valence-electron chi connectivity index (χ4n) is 2.37. The van der Waals surface area contributed by atoms with Crippen LogP contribution in [0.15, 0.2) is 53.4 Å². The van der Waals surface area contributed by atoms with Crippen molar-refractivity contribution in [3.63, 3.8) is 0 Å². The molecule has 3 aromatic rings. The zero-order chi connectivity index (χ0) is 18.5. The average Bonchev–Trinajstić information content (AvgIpc) is 3.22. The Morgan fingerprint density at radius 1 is 1.31 bits per heavy atom. The first-order valence-corrected chi connectivity index (χ1v) is 8.53. The minimum absolute atomic E-state index is 0.162. The van der Waals surface area contributed by atoms with Gasteiger partial charge in [-0.05, 0) is 38.5 Å². The number of hydrogen-bond donors (Lipinski definition) is 1. The van der Waals surface area contributed by atoms with Crippen molar-refractivity contribution in [1.82, 2.24) is 19.6 Å². The van der Waals surface area contributed by atoms with Gasteiger partial charge in [0.25, 0.3) is 0 Å². The third-order valence-corrected chi connectivity index (χ3v) is 3.95. The van der Waals surface area contributed by atoms with Crippen molar-refractivity contribution in [3.05, 3.63) is 69.1 Å². The van der Waals surface area contributed by atoms with Crippen LogP contribution in [0.2, 0.25) is 0 Å². The van der Waals surface area contributed by atoms with Gasteiger partial charge in [0, 0.05) is 18.3 Å². The number of carbonyl (C=O) groups is 1. The molecule has 0 atom stereocenters. The zero-order valence-corrected chi connectivity index (χ0v) is 15.2. The van der Waals surface area contributed by atoms with Crippen LogP contribution in [0.1, 0.15) is 12.0 Å². The van der Waals surface area contributed by atoms with E-state index in [4.69, 9.17) is 0 Å². The van der Waals surface area contributed by atoms with Gasteiger partial charge in [-0.3, -0.25) is 9.48 Å². The van der Waals surface area contributed by atoms with Crippen molar-refractivity contribution in [2.24, 2.45) is 0 Å². The smallest absolute Gasteiger partial charge is 0.358 e. The van der Waals surface area contributed by atoms with Gasteiger partial charge in [0.15, 0.2) is 0 Å². The Balaban J connectivity index is 1.55. The number of halogens is 1. The third kappa shape index (κ3) is 4.76. The standard InChI is InChI=1S/C16H15BrN6O3/c17-13-9-18-22(11-13)10-12-2-1-3-14(8-12)19-16(24)5-7-21-6-4-15(20-21)23(25)26/h1-4,6,8-9,11H,5,7,10H2,(H,19,24). The molecule has 1 N–H and O–H groups in total. The second-order valence-electron chi connectivity index (χ2n) is 5.55. The van der Waals surface area contributed by atoms with E-state index in [1.807, 2.05) is 24.4 Å². The van der Waals surface area contributed by atoms with Gasteiger partial charge in [-0.15, -0.1) is 0 Å². The normalized spacial score (nSPS) is 10.7. The molecule has 26 heavy (non-hydrogen) atoms. The quantitative estimate of drug-likeness (QED) is 0.468. The Labute approximate surface area is 156 Å². The number of nitrogens with zero attached hydrogens (tertiary/aromatic N) is 5. The molecule has 0 spiro atoms. The largest absolute Gasteiger partial charge is 0.389 e. The summed E-state index contributed by atoms with van der Waals surface area (Å²) in [6, 6.07) is 8.80. The summed E-state index contributed by atoms with van der Waals surface area (Å²) in [5.41, 5.74) is 1.69. The number of nitrogens with one attached hydrogen (secondary N) is 1. The Kier molecular flexibility index (Phi) is 5.42. The summed E-state index contributed by atoms with van der Waals surface area (Å²) >= 11 is 3.35. The van der Waals surface area contributed by atoms with E-state index in [1.165, 1.54) is 16.9 Å². The van der Waals surface area contributed by atoms with E-state index in [9.17, 15) is 14.9 Å². The van der Waals surface area contributed by atoms with E-state index in [2.05, 4.69) is 31.4 Å². The van der Waals surface area contributed by atoms with Gasteiger partial charge in [-0.25, -0.2) is 0 Å². The Morgan fingerprint density at radius 2 is 2.15 bits per heavy atom. The second-order valence-corrected chi connectivity index (χ2v) is 6.46. The minimum Gasteiger partial charge on any atom is -0.358 e. The molecule has 10 heteroatoms. The van der Waals surface area contributed by atoms with Crippen LogP contribution in [0.25, 0.3) is 0 Å². The number of aromatic nitrogens is 4. The number of rotatable bonds is 7. The Morgan fingerprint density at radius 3 is 2.85 bits per heavy atom. The number of benzene rings is 1. The molecule has 0 bridgehead atoms. The number of amides is 1. The topological polar surface area (TPSA) is 108 Å². The van der Waals surface area contributed by atoms with E-state index in [0.29, 0.717) is 12.2 Å². The summed E-state index contributed by atoms with van der Waals surface area (Å²) in [7, 11) is 0. The molecule has 0 aliphatic heterocycles. The van der Waals surface area contributed by atoms with Crippen molar-refractivity contribution in [1.29, 1.82) is 0 Å². The summed E-state index contributed by atoms with van der Waals surface area (Å²) in [4.78, 5) is 22.1. The summed E-state index contributed by atoms with van der Waals surface area (Å²) in [5, 5.41) is 21.4. The van der Waals surface area contributed by atoms with Crippen LogP contribution in [-0.2, 0) is 17.9 Å². The molecule has 0 radical (unpaired) electrons. The first-order chi connectivity index (χ1) is 12.5. The lowest BCUT2D eigenvalue weighted by Gasteiger charge is -2.07. The Bertz CT molecular complexity index is 935.